The van der Waals surface area contributed by atoms with Crippen molar-refractivity contribution in [1.29, 1.82) is 0 Å². The largest absolute Gasteiger partial charge is 0.361 e. The van der Waals surface area contributed by atoms with E-state index in [2.05, 4.69) is 20.9 Å². The Hall–Kier alpha value is -2.41. The molecule has 0 fully saturated rings. The Bertz CT molecular complexity index is 574. The zero-order valence-corrected chi connectivity index (χ0v) is 10.7. The molecule has 0 unspecified atom stereocenters. The van der Waals surface area contributed by atoms with Crippen LogP contribution in [0.1, 0.15) is 27.4 Å². The number of aryl methyl sites for hydroxylation is 2. The highest BCUT2D eigenvalue weighted by Gasteiger charge is 2.13. The molecule has 0 bridgehead atoms. The van der Waals surface area contributed by atoms with E-state index in [4.69, 9.17) is 10.4 Å². The Morgan fingerprint density at radius 3 is 2.89 bits per heavy atom. The van der Waals surface area contributed by atoms with E-state index in [9.17, 15) is 4.79 Å². The molecule has 0 saturated heterocycles. The number of anilines is 1. The lowest BCUT2D eigenvalue weighted by molar-refractivity contribution is 0.0951. The van der Waals surface area contributed by atoms with Gasteiger partial charge in [0.25, 0.3) is 5.91 Å². The van der Waals surface area contributed by atoms with Gasteiger partial charge in [-0.3, -0.25) is 15.6 Å². The zero-order chi connectivity index (χ0) is 13.8. The predicted molar refractivity (Wildman–Crippen MR) is 69.2 cm³/mol. The highest BCUT2D eigenvalue weighted by molar-refractivity contribution is 5.99. The summed E-state index contributed by atoms with van der Waals surface area (Å²) in [5.41, 5.74) is 5.01. The van der Waals surface area contributed by atoms with Crippen molar-refractivity contribution in [2.75, 3.05) is 5.43 Å². The lowest BCUT2D eigenvalue weighted by atomic mass is 10.2. The maximum absolute atomic E-state index is 12.0. The van der Waals surface area contributed by atoms with Crippen LogP contribution >= 0.6 is 0 Å². The van der Waals surface area contributed by atoms with Crippen molar-refractivity contribution in [3.05, 3.63) is 41.0 Å². The van der Waals surface area contributed by atoms with Crippen LogP contribution in [0, 0.1) is 13.8 Å². The van der Waals surface area contributed by atoms with E-state index in [1.807, 2.05) is 6.92 Å². The minimum atomic E-state index is -0.263. The second-order valence-electron chi connectivity index (χ2n) is 4.05. The van der Waals surface area contributed by atoms with E-state index >= 15 is 0 Å². The summed E-state index contributed by atoms with van der Waals surface area (Å²) in [6.07, 6.45) is 3.01. The van der Waals surface area contributed by atoms with Crippen LogP contribution in [0.15, 0.2) is 23.0 Å². The van der Waals surface area contributed by atoms with Gasteiger partial charge in [0.05, 0.1) is 16.9 Å². The van der Waals surface area contributed by atoms with E-state index in [0.717, 1.165) is 11.3 Å². The smallest absolute Gasteiger partial charge is 0.255 e. The highest BCUT2D eigenvalue weighted by Crippen LogP contribution is 2.14. The second kappa shape index (κ2) is 5.49. The predicted octanol–water partition coefficient (Wildman–Crippen LogP) is 0.902. The molecule has 1 amide bonds. The summed E-state index contributed by atoms with van der Waals surface area (Å²) in [7, 11) is 0. The number of hydrazine groups is 1. The second-order valence-corrected chi connectivity index (χ2v) is 4.05. The molecule has 100 valence electrons. The van der Waals surface area contributed by atoms with E-state index < -0.39 is 0 Å². The lowest BCUT2D eigenvalue weighted by Gasteiger charge is -2.08. The molecular weight excluding hydrogens is 246 g/mol. The fourth-order valence-corrected chi connectivity index (χ4v) is 1.72. The summed E-state index contributed by atoms with van der Waals surface area (Å²) in [6, 6.07) is 1.63. The Morgan fingerprint density at radius 1 is 1.47 bits per heavy atom. The van der Waals surface area contributed by atoms with Crippen LogP contribution in [0.25, 0.3) is 0 Å². The molecule has 7 heteroatoms. The van der Waals surface area contributed by atoms with E-state index in [-0.39, 0.29) is 5.91 Å². The molecule has 0 spiro atoms. The number of hydrogen-bond donors (Lipinski definition) is 3. The number of amides is 1. The maximum Gasteiger partial charge on any atom is 0.255 e. The van der Waals surface area contributed by atoms with Crippen molar-refractivity contribution in [2.45, 2.75) is 20.4 Å². The maximum atomic E-state index is 12.0. The summed E-state index contributed by atoms with van der Waals surface area (Å²) in [6.45, 7) is 3.98. The van der Waals surface area contributed by atoms with Crippen LogP contribution in [0.4, 0.5) is 5.69 Å². The first kappa shape index (κ1) is 13.0. The van der Waals surface area contributed by atoms with Crippen LogP contribution in [0.5, 0.6) is 0 Å². The normalized spacial score (nSPS) is 10.3. The van der Waals surface area contributed by atoms with E-state index in [1.165, 1.54) is 6.20 Å². The Balaban J connectivity index is 2.10. The first-order valence-electron chi connectivity index (χ1n) is 5.74. The molecule has 0 aromatic carbocycles. The van der Waals surface area contributed by atoms with Crippen LogP contribution in [-0.4, -0.2) is 16.0 Å². The Labute approximate surface area is 110 Å². The summed E-state index contributed by atoms with van der Waals surface area (Å²) in [5, 5.41) is 6.61. The van der Waals surface area contributed by atoms with Gasteiger partial charge in [0.2, 0.25) is 0 Å². The van der Waals surface area contributed by atoms with Crippen LogP contribution in [0.2, 0.25) is 0 Å². The summed E-state index contributed by atoms with van der Waals surface area (Å²) in [5.74, 6) is 5.78. The van der Waals surface area contributed by atoms with E-state index in [1.54, 1.807) is 19.2 Å². The van der Waals surface area contributed by atoms with Gasteiger partial charge >= 0.3 is 0 Å². The molecular formula is C12H15N5O2. The fraction of sp³-hybridized carbons (Fsp3) is 0.250. The molecule has 0 saturated carbocycles. The molecule has 0 aliphatic carbocycles. The van der Waals surface area contributed by atoms with Crippen molar-refractivity contribution in [1.82, 2.24) is 15.5 Å². The SMILES string of the molecule is Cc1noc(C)c1CNC(=O)c1cnccc1NN. The van der Waals surface area contributed by atoms with Crippen molar-refractivity contribution in [3.8, 4) is 0 Å². The van der Waals surface area contributed by atoms with Gasteiger partial charge in [-0.1, -0.05) is 5.16 Å². The molecule has 2 aromatic rings. The number of nitrogen functional groups attached to an aromatic ring is 1. The number of nitrogens with two attached hydrogens (primary N) is 1. The van der Waals surface area contributed by atoms with Crippen LogP contribution in [0.3, 0.4) is 0 Å². The molecule has 7 nitrogen and oxygen atoms in total. The van der Waals surface area contributed by atoms with Crippen molar-refractivity contribution in [2.24, 2.45) is 5.84 Å². The number of nitrogens with zero attached hydrogens (tertiary/aromatic N) is 2. The molecule has 4 N–H and O–H groups in total. The molecule has 0 aliphatic heterocycles. The summed E-state index contributed by atoms with van der Waals surface area (Å²) in [4.78, 5) is 16.0. The molecule has 2 aromatic heterocycles. The third-order valence-electron chi connectivity index (χ3n) is 2.83. The first-order chi connectivity index (χ1) is 9.13. The van der Waals surface area contributed by atoms with Crippen molar-refractivity contribution in [3.63, 3.8) is 0 Å². The van der Waals surface area contributed by atoms with Gasteiger partial charge in [0.1, 0.15) is 5.76 Å². The fourth-order valence-electron chi connectivity index (χ4n) is 1.72. The van der Waals surface area contributed by atoms with E-state index in [0.29, 0.717) is 23.6 Å². The molecule has 0 radical (unpaired) electrons. The van der Waals surface area contributed by atoms with Gasteiger partial charge in [0.15, 0.2) is 0 Å². The molecule has 0 atom stereocenters. The van der Waals surface area contributed by atoms with Crippen LogP contribution in [-0.2, 0) is 6.54 Å². The number of carbonyl (C=O) groups excluding carboxylic acids is 1. The average molecular weight is 261 g/mol. The lowest BCUT2D eigenvalue weighted by Crippen LogP contribution is -2.25. The summed E-state index contributed by atoms with van der Waals surface area (Å²) >= 11 is 0. The van der Waals surface area contributed by atoms with Gasteiger partial charge in [0, 0.05) is 24.5 Å². The molecule has 2 rings (SSSR count). The topological polar surface area (TPSA) is 106 Å². The number of carbonyl (C=O) groups is 1. The number of rotatable bonds is 4. The minimum Gasteiger partial charge on any atom is -0.361 e. The third-order valence-corrected chi connectivity index (χ3v) is 2.83. The summed E-state index contributed by atoms with van der Waals surface area (Å²) < 4.78 is 5.03. The minimum absolute atomic E-state index is 0.263. The van der Waals surface area contributed by atoms with Gasteiger partial charge in [-0.05, 0) is 19.9 Å². The first-order valence-corrected chi connectivity index (χ1v) is 5.74. The highest BCUT2D eigenvalue weighted by atomic mass is 16.5. The average Bonchev–Trinajstić information content (AvgIpc) is 2.75. The van der Waals surface area contributed by atoms with Gasteiger partial charge in [-0.15, -0.1) is 0 Å². The Morgan fingerprint density at radius 2 is 2.26 bits per heavy atom. The molecule has 0 aliphatic rings. The Kier molecular flexibility index (Phi) is 3.76. The quantitative estimate of drug-likeness (QED) is 0.557. The third kappa shape index (κ3) is 2.71. The molecule has 19 heavy (non-hydrogen) atoms. The van der Waals surface area contributed by atoms with Gasteiger partial charge < -0.3 is 15.3 Å². The van der Waals surface area contributed by atoms with Gasteiger partial charge in [-0.25, -0.2) is 0 Å². The number of nitrogens with one attached hydrogen (secondary N) is 2. The zero-order valence-electron chi connectivity index (χ0n) is 10.7. The van der Waals surface area contributed by atoms with Crippen LogP contribution < -0.4 is 16.6 Å². The van der Waals surface area contributed by atoms with Crippen molar-refractivity contribution >= 4 is 11.6 Å². The number of hydrogen-bond acceptors (Lipinski definition) is 6. The van der Waals surface area contributed by atoms with Gasteiger partial charge in [-0.2, -0.15) is 0 Å². The standard InChI is InChI=1S/C12H15N5O2/c1-7-9(8(2)19-17-7)6-15-12(18)10-5-14-4-3-11(10)16-13/h3-5H,6,13H2,1-2H3,(H,14,16)(H,15,18). The monoisotopic (exact) mass is 261 g/mol. The number of pyridine rings is 1. The van der Waals surface area contributed by atoms with Crippen molar-refractivity contribution < 1.29 is 9.32 Å². The number of aromatic nitrogens is 2. The molecule has 2 heterocycles.